The number of aryl methyl sites for hydroxylation is 1. The second kappa shape index (κ2) is 4.94. The van der Waals surface area contributed by atoms with Crippen molar-refractivity contribution in [1.29, 1.82) is 0 Å². The molecule has 1 aliphatic rings. The van der Waals surface area contributed by atoms with Crippen LogP contribution in [0, 0.1) is 12.8 Å². The first-order valence-corrected chi connectivity index (χ1v) is 7.19. The zero-order valence-electron chi connectivity index (χ0n) is 12.1. The average Bonchev–Trinajstić information content (AvgIpc) is 2.94. The van der Waals surface area contributed by atoms with Gasteiger partial charge in [0, 0.05) is 30.5 Å². The number of nitrogens with zero attached hydrogens (tertiary/aromatic N) is 5. The van der Waals surface area contributed by atoms with Gasteiger partial charge in [-0.15, -0.1) is 5.10 Å². The maximum absolute atomic E-state index is 11.8. The molecule has 0 radical (unpaired) electrons. The monoisotopic (exact) mass is 297 g/mol. The topological polar surface area (TPSA) is 77.0 Å². The lowest BCUT2D eigenvalue weighted by Gasteiger charge is -2.39. The van der Waals surface area contributed by atoms with Gasteiger partial charge < -0.3 is 9.32 Å². The minimum atomic E-state index is -0.0584. The van der Waals surface area contributed by atoms with Crippen LogP contribution in [0.4, 0.5) is 5.82 Å². The first-order valence-electron chi connectivity index (χ1n) is 7.19. The zero-order chi connectivity index (χ0) is 15.1. The van der Waals surface area contributed by atoms with Crippen LogP contribution in [0.25, 0.3) is 11.0 Å². The van der Waals surface area contributed by atoms with Crippen molar-refractivity contribution in [2.75, 3.05) is 18.0 Å². The second-order valence-corrected chi connectivity index (χ2v) is 5.64. The summed E-state index contributed by atoms with van der Waals surface area (Å²) >= 11 is 0. The Bertz CT molecular complexity index is 879. The smallest absolute Gasteiger partial charge is 0.266 e. The maximum Gasteiger partial charge on any atom is 0.266 e. The number of rotatable bonds is 3. The molecule has 0 amide bonds. The number of anilines is 1. The van der Waals surface area contributed by atoms with E-state index in [-0.39, 0.29) is 5.56 Å². The van der Waals surface area contributed by atoms with E-state index in [0.717, 1.165) is 35.6 Å². The van der Waals surface area contributed by atoms with Gasteiger partial charge in [0.15, 0.2) is 11.4 Å². The molecule has 0 spiro atoms. The third kappa shape index (κ3) is 2.14. The van der Waals surface area contributed by atoms with E-state index in [4.69, 9.17) is 4.42 Å². The van der Waals surface area contributed by atoms with E-state index in [1.54, 1.807) is 24.6 Å². The summed E-state index contributed by atoms with van der Waals surface area (Å²) in [7, 11) is 0. The molecule has 0 aromatic carbocycles. The fourth-order valence-corrected chi connectivity index (χ4v) is 2.79. The Hall–Kier alpha value is -2.70. The average molecular weight is 297 g/mol. The zero-order valence-corrected chi connectivity index (χ0v) is 12.1. The van der Waals surface area contributed by atoms with Gasteiger partial charge in [-0.05, 0) is 19.1 Å². The highest BCUT2D eigenvalue weighted by atomic mass is 16.3. The third-order valence-electron chi connectivity index (χ3n) is 3.94. The third-order valence-corrected chi connectivity index (χ3v) is 3.94. The summed E-state index contributed by atoms with van der Waals surface area (Å²) in [5.41, 5.74) is 1.55. The van der Waals surface area contributed by atoms with Crippen molar-refractivity contribution in [2.45, 2.75) is 13.5 Å². The molecule has 1 fully saturated rings. The van der Waals surface area contributed by atoms with Gasteiger partial charge in [-0.1, -0.05) is 0 Å². The number of aromatic nitrogens is 4. The molecule has 7 heteroatoms. The molecule has 112 valence electrons. The van der Waals surface area contributed by atoms with E-state index in [2.05, 4.69) is 20.2 Å². The van der Waals surface area contributed by atoms with Gasteiger partial charge in [-0.3, -0.25) is 4.79 Å². The molecule has 7 nitrogen and oxygen atoms in total. The van der Waals surface area contributed by atoms with Gasteiger partial charge >= 0.3 is 0 Å². The number of hydrogen-bond donors (Lipinski definition) is 0. The Morgan fingerprint density at radius 1 is 1.32 bits per heavy atom. The summed E-state index contributed by atoms with van der Waals surface area (Å²) in [5.74, 6) is 1.14. The minimum absolute atomic E-state index is 0.0584. The normalized spacial score (nSPS) is 15.2. The largest absolute Gasteiger partial charge is 0.460 e. The van der Waals surface area contributed by atoms with Crippen molar-refractivity contribution >= 4 is 16.8 Å². The van der Waals surface area contributed by atoms with Gasteiger partial charge in [0.05, 0.1) is 24.7 Å². The molecule has 0 bridgehead atoms. The molecular weight excluding hydrogens is 282 g/mol. The lowest BCUT2D eigenvalue weighted by atomic mass is 10.00. The fraction of sp³-hybridized carbons (Fsp3) is 0.333. The first-order chi connectivity index (χ1) is 10.7. The highest BCUT2D eigenvalue weighted by Gasteiger charge is 2.30. The van der Waals surface area contributed by atoms with Crippen LogP contribution in [0.2, 0.25) is 0 Å². The van der Waals surface area contributed by atoms with Gasteiger partial charge in [-0.25, -0.2) is 4.68 Å². The molecule has 3 aromatic heterocycles. The molecule has 3 aromatic rings. The van der Waals surface area contributed by atoms with Crippen LogP contribution < -0.4 is 10.5 Å². The molecule has 1 saturated heterocycles. The quantitative estimate of drug-likeness (QED) is 0.723. The van der Waals surface area contributed by atoms with Gasteiger partial charge in [0.2, 0.25) is 0 Å². The predicted molar refractivity (Wildman–Crippen MR) is 80.7 cm³/mol. The second-order valence-electron chi connectivity index (χ2n) is 5.64. The summed E-state index contributed by atoms with van der Waals surface area (Å²) in [6, 6.07) is 5.17. The summed E-state index contributed by atoms with van der Waals surface area (Å²) in [4.78, 5) is 13.9. The van der Waals surface area contributed by atoms with E-state index in [1.807, 2.05) is 13.0 Å². The Balaban J connectivity index is 1.49. The molecular formula is C15H15N5O2. The first kappa shape index (κ1) is 13.0. The van der Waals surface area contributed by atoms with Crippen LogP contribution in [0.5, 0.6) is 0 Å². The van der Waals surface area contributed by atoms with Crippen LogP contribution in [-0.2, 0) is 6.54 Å². The molecule has 0 unspecified atom stereocenters. The highest BCUT2D eigenvalue weighted by Crippen LogP contribution is 2.29. The van der Waals surface area contributed by atoms with Crippen LogP contribution in [0.1, 0.15) is 5.69 Å². The number of hydrogen-bond acceptors (Lipinski definition) is 6. The summed E-state index contributed by atoms with van der Waals surface area (Å²) in [6.45, 7) is 4.14. The van der Waals surface area contributed by atoms with E-state index >= 15 is 0 Å². The van der Waals surface area contributed by atoms with Crippen molar-refractivity contribution in [3.05, 3.63) is 46.7 Å². The molecule has 4 heterocycles. The molecule has 22 heavy (non-hydrogen) atoms. The lowest BCUT2D eigenvalue weighted by molar-refractivity contribution is 0.331. The van der Waals surface area contributed by atoms with Gasteiger partial charge in [0.25, 0.3) is 5.56 Å². The SMILES string of the molecule is Cc1ccc(=O)n(CC2CN(c3nncc4ccoc34)C2)n1. The van der Waals surface area contributed by atoms with Crippen molar-refractivity contribution in [3.63, 3.8) is 0 Å². The molecule has 0 aliphatic carbocycles. The van der Waals surface area contributed by atoms with Crippen molar-refractivity contribution in [3.8, 4) is 0 Å². The number of furan rings is 1. The lowest BCUT2D eigenvalue weighted by Crippen LogP contribution is -2.50. The van der Waals surface area contributed by atoms with Crippen molar-refractivity contribution < 1.29 is 4.42 Å². The van der Waals surface area contributed by atoms with E-state index < -0.39 is 0 Å². The fourth-order valence-electron chi connectivity index (χ4n) is 2.79. The molecule has 0 atom stereocenters. The summed E-state index contributed by atoms with van der Waals surface area (Å²) in [6.07, 6.45) is 3.33. The highest BCUT2D eigenvalue weighted by molar-refractivity contribution is 5.86. The van der Waals surface area contributed by atoms with Gasteiger partial charge in [0.1, 0.15) is 0 Å². The Morgan fingerprint density at radius 2 is 2.18 bits per heavy atom. The van der Waals surface area contributed by atoms with Crippen molar-refractivity contribution in [1.82, 2.24) is 20.0 Å². The number of fused-ring (bicyclic) bond motifs is 1. The van der Waals surface area contributed by atoms with Crippen molar-refractivity contribution in [2.24, 2.45) is 5.92 Å². The van der Waals surface area contributed by atoms with E-state index in [1.165, 1.54) is 4.68 Å². The van der Waals surface area contributed by atoms with E-state index in [0.29, 0.717) is 12.5 Å². The van der Waals surface area contributed by atoms with Gasteiger partial charge in [-0.2, -0.15) is 10.2 Å². The van der Waals surface area contributed by atoms with Crippen LogP contribution in [-0.4, -0.2) is 33.1 Å². The standard InChI is InChI=1S/C15H15N5O2/c1-10-2-3-13(21)20(18-10)9-11-7-19(8-11)15-14-12(4-5-22-14)6-16-17-15/h2-6,11H,7-9H2,1H3. The Morgan fingerprint density at radius 3 is 3.05 bits per heavy atom. The summed E-state index contributed by atoms with van der Waals surface area (Å²) < 4.78 is 7.02. The summed E-state index contributed by atoms with van der Waals surface area (Å²) in [5, 5.41) is 13.4. The minimum Gasteiger partial charge on any atom is -0.460 e. The van der Waals surface area contributed by atoms with Crippen LogP contribution in [0.15, 0.2) is 39.9 Å². The van der Waals surface area contributed by atoms with Crippen LogP contribution in [0.3, 0.4) is 0 Å². The molecule has 1 aliphatic heterocycles. The van der Waals surface area contributed by atoms with E-state index in [9.17, 15) is 4.79 Å². The Kier molecular flexibility index (Phi) is 2.92. The van der Waals surface area contributed by atoms with Crippen LogP contribution >= 0.6 is 0 Å². The Labute approximate surface area is 126 Å². The molecule has 0 N–H and O–H groups in total. The molecule has 4 rings (SSSR count). The maximum atomic E-state index is 11.8. The molecule has 0 saturated carbocycles. The predicted octanol–water partition coefficient (Wildman–Crippen LogP) is 1.22.